The summed E-state index contributed by atoms with van der Waals surface area (Å²) in [6.45, 7) is 4.80. The van der Waals surface area contributed by atoms with E-state index >= 15 is 0 Å². The lowest BCUT2D eigenvalue weighted by molar-refractivity contribution is 0.424. The molecule has 4 rings (SSSR count). The van der Waals surface area contributed by atoms with Crippen LogP contribution in [0.3, 0.4) is 0 Å². The Bertz CT molecular complexity index is 607. The third-order valence-corrected chi connectivity index (χ3v) is 8.14. The average Bonchev–Trinajstić information content (AvgIpc) is 2.75. The highest BCUT2D eigenvalue weighted by Gasteiger charge is 2.24. The van der Waals surface area contributed by atoms with Crippen molar-refractivity contribution in [3.05, 3.63) is 40.3 Å². The van der Waals surface area contributed by atoms with Crippen LogP contribution >= 0.6 is 0 Å². The third-order valence-electron chi connectivity index (χ3n) is 8.14. The predicted octanol–water partition coefficient (Wildman–Crippen LogP) is 8.71. The van der Waals surface area contributed by atoms with E-state index in [1.807, 2.05) is 0 Å². The Morgan fingerprint density at radius 3 is 1.56 bits per heavy atom. The van der Waals surface area contributed by atoms with E-state index in [-0.39, 0.29) is 0 Å². The van der Waals surface area contributed by atoms with Gasteiger partial charge in [0.2, 0.25) is 0 Å². The zero-order valence-corrected chi connectivity index (χ0v) is 18.0. The molecule has 0 bridgehead atoms. The molecule has 1 aromatic carbocycles. The molecule has 0 spiro atoms. The van der Waals surface area contributed by atoms with E-state index < -0.39 is 0 Å². The molecule has 1 aromatic rings. The Balaban J connectivity index is 1.80. The van der Waals surface area contributed by atoms with Crippen molar-refractivity contribution in [2.45, 2.75) is 128 Å². The van der Waals surface area contributed by atoms with Crippen LogP contribution < -0.4 is 0 Å². The molecule has 0 radical (unpaired) electrons. The van der Waals surface area contributed by atoms with E-state index in [4.69, 9.17) is 0 Å². The number of hydrogen-bond acceptors (Lipinski definition) is 0. The molecule has 0 amide bonds. The summed E-state index contributed by atoms with van der Waals surface area (Å²) in [6.07, 6.45) is 24.1. The van der Waals surface area contributed by atoms with E-state index in [2.05, 4.69) is 26.3 Å². The second-order valence-corrected chi connectivity index (χ2v) is 9.80. The van der Waals surface area contributed by atoms with Crippen molar-refractivity contribution in [3.8, 4) is 0 Å². The van der Waals surface area contributed by atoms with Gasteiger partial charge < -0.3 is 0 Å². The van der Waals surface area contributed by atoms with Gasteiger partial charge in [-0.1, -0.05) is 115 Å². The first-order valence-electron chi connectivity index (χ1n) is 12.3. The molecule has 3 fully saturated rings. The smallest absolute Gasteiger partial charge is 0.0180 e. The van der Waals surface area contributed by atoms with Gasteiger partial charge in [0.15, 0.2) is 0 Å². The van der Waals surface area contributed by atoms with Crippen LogP contribution in [0.2, 0.25) is 0 Å². The highest BCUT2D eigenvalue weighted by molar-refractivity contribution is 5.53. The van der Waals surface area contributed by atoms with Gasteiger partial charge in [-0.25, -0.2) is 0 Å². The second kappa shape index (κ2) is 9.06. The molecule has 0 heterocycles. The van der Waals surface area contributed by atoms with Crippen LogP contribution in [0.4, 0.5) is 0 Å². The highest BCUT2D eigenvalue weighted by Crippen LogP contribution is 2.46. The zero-order valence-electron chi connectivity index (χ0n) is 18.0. The lowest BCUT2D eigenvalue weighted by atomic mass is 9.71. The largest absolute Gasteiger partial charge is 0.186 e. The fraction of sp³-hybridized carbons (Fsp3) is 0.741. The quantitative estimate of drug-likeness (QED) is 0.468. The van der Waals surface area contributed by atoms with Gasteiger partial charge in [0.1, 0.15) is 0 Å². The Labute approximate surface area is 168 Å². The van der Waals surface area contributed by atoms with Crippen LogP contribution in [0.5, 0.6) is 0 Å². The minimum absolute atomic E-state index is 0.829. The Kier molecular flexibility index (Phi) is 6.51. The predicted molar refractivity (Wildman–Crippen MR) is 118 cm³/mol. The molecule has 0 aromatic heterocycles. The summed E-state index contributed by atoms with van der Waals surface area (Å²) in [6, 6.07) is 2.73. The zero-order chi connectivity index (χ0) is 18.6. The van der Waals surface area contributed by atoms with Gasteiger partial charge in [0.25, 0.3) is 0 Å². The molecule has 0 heteroatoms. The van der Waals surface area contributed by atoms with E-state index in [9.17, 15) is 0 Å². The molecule has 27 heavy (non-hydrogen) atoms. The van der Waals surface area contributed by atoms with Gasteiger partial charge in [-0.15, -0.1) is 22.8 Å². The fourth-order valence-corrected chi connectivity index (χ4v) is 6.70. The molecule has 0 atom stereocenters. The normalized spacial score (nSPS) is 23.5. The molecule has 0 aliphatic heterocycles. The van der Waals surface area contributed by atoms with Gasteiger partial charge in [0.05, 0.1) is 0 Å². The van der Waals surface area contributed by atoms with Crippen molar-refractivity contribution >= 4 is 0 Å². The van der Waals surface area contributed by atoms with Crippen molar-refractivity contribution in [2.75, 3.05) is 0 Å². The van der Waals surface area contributed by atoms with E-state index in [1.54, 1.807) is 27.8 Å². The summed E-state index contributed by atoms with van der Waals surface area (Å²) >= 11 is 0. The lowest BCUT2D eigenvalue weighted by Gasteiger charge is -2.40. The Morgan fingerprint density at radius 2 is 1.07 bits per heavy atom. The first-order chi connectivity index (χ1) is 13.3. The maximum atomic E-state index is 2.73. The molecule has 3 aliphatic carbocycles. The van der Waals surface area contributed by atoms with Crippen molar-refractivity contribution in [3.63, 3.8) is 0 Å². The number of hydrogen-bond donors (Lipinski definition) is 0. The molecule has 0 saturated heterocycles. The molecule has 0 unspecified atom stereocenters. The highest BCUT2D eigenvalue weighted by atomic mass is 14.3. The van der Waals surface area contributed by atoms with Gasteiger partial charge in [-0.05, 0) is 18.8 Å². The van der Waals surface area contributed by atoms with Crippen LogP contribution in [0.15, 0.2) is 6.07 Å². The maximum Gasteiger partial charge on any atom is -0.0180 e. The summed E-state index contributed by atoms with van der Waals surface area (Å²) in [5.74, 6) is 2.50. The minimum Gasteiger partial charge on any atom is -0.186 e. The Morgan fingerprint density at radius 1 is 0.630 bits per heavy atom. The lowest BCUT2D eigenvalue weighted by Crippen LogP contribution is -2.17. The molecule has 0 nitrogen and oxygen atoms in total. The van der Waals surface area contributed by atoms with E-state index in [0.29, 0.717) is 0 Å². The van der Waals surface area contributed by atoms with Crippen molar-refractivity contribution < 1.29 is 0 Å². The Hall–Kier alpha value is -0.910. The molecule has 150 valence electrons. The van der Waals surface area contributed by atoms with Gasteiger partial charge in [-0.3, -0.25) is 0 Å². The van der Waals surface area contributed by atoms with E-state index in [1.165, 1.54) is 96.3 Å². The van der Waals surface area contributed by atoms with Crippen molar-refractivity contribution in [1.82, 2.24) is 0 Å². The standard InChI is InChI=1S/C27H41/c1-3-24-26(22-15-9-5-10-16-22)19-25(21-13-7-4-8-14-21)20(2)27(24)23-17-11-6-12-18-23/h3,19,21-23H,4-18H2,1-2H3/q-1. The van der Waals surface area contributed by atoms with Gasteiger partial charge >= 0.3 is 0 Å². The fourth-order valence-electron chi connectivity index (χ4n) is 6.70. The van der Waals surface area contributed by atoms with Crippen molar-refractivity contribution in [1.29, 1.82) is 0 Å². The SMILES string of the molecule is C[CH-]c1c(C2CCCCC2)cc(C2CCCCC2)c(C)c1C1CCCCC1. The first-order valence-corrected chi connectivity index (χ1v) is 12.3. The topological polar surface area (TPSA) is 0 Å². The summed E-state index contributed by atoms with van der Waals surface area (Å²) in [4.78, 5) is 0. The molecule has 3 aliphatic rings. The van der Waals surface area contributed by atoms with Crippen LogP contribution in [-0.2, 0) is 0 Å². The van der Waals surface area contributed by atoms with Crippen molar-refractivity contribution in [2.24, 2.45) is 0 Å². The molecule has 0 N–H and O–H groups in total. The third kappa shape index (κ3) is 4.10. The summed E-state index contributed by atoms with van der Waals surface area (Å²) < 4.78 is 0. The van der Waals surface area contributed by atoms with Crippen LogP contribution in [-0.4, -0.2) is 0 Å². The summed E-state index contributed by atoms with van der Waals surface area (Å²) in [5.41, 5.74) is 8.68. The van der Waals surface area contributed by atoms with Crippen LogP contribution in [0, 0.1) is 13.3 Å². The van der Waals surface area contributed by atoms with Gasteiger partial charge in [-0.2, -0.15) is 12.0 Å². The first kappa shape index (κ1) is 19.4. The van der Waals surface area contributed by atoms with Crippen LogP contribution in [0.1, 0.15) is 149 Å². The second-order valence-electron chi connectivity index (χ2n) is 9.80. The number of rotatable bonds is 4. The monoisotopic (exact) mass is 365 g/mol. The molecular weight excluding hydrogens is 324 g/mol. The van der Waals surface area contributed by atoms with Crippen LogP contribution in [0.25, 0.3) is 0 Å². The summed E-state index contributed by atoms with van der Waals surface area (Å²) in [5, 5.41) is 0. The number of benzene rings is 1. The maximum absolute atomic E-state index is 2.73. The van der Waals surface area contributed by atoms with Gasteiger partial charge in [0, 0.05) is 0 Å². The molecular formula is C27H41-. The summed E-state index contributed by atoms with van der Waals surface area (Å²) in [7, 11) is 0. The average molecular weight is 366 g/mol. The minimum atomic E-state index is 0.829. The molecule has 3 saturated carbocycles. The van der Waals surface area contributed by atoms with E-state index in [0.717, 1.165) is 17.8 Å².